The van der Waals surface area contributed by atoms with Gasteiger partial charge in [0.2, 0.25) is 5.91 Å². The fourth-order valence-corrected chi connectivity index (χ4v) is 7.65. The maximum absolute atomic E-state index is 14.9. The second-order valence-corrected chi connectivity index (χ2v) is 16.5. The molecule has 63 heavy (non-hydrogen) atoms. The Hall–Kier alpha value is -6.95. The van der Waals surface area contributed by atoms with Crippen LogP contribution in [0.2, 0.25) is 0 Å². The summed E-state index contributed by atoms with van der Waals surface area (Å²) in [7, 11) is 0. The van der Waals surface area contributed by atoms with Crippen molar-refractivity contribution in [3.05, 3.63) is 167 Å². The molecule has 0 bridgehead atoms. The van der Waals surface area contributed by atoms with Gasteiger partial charge in [-0.2, -0.15) is 0 Å². The lowest BCUT2D eigenvalue weighted by Gasteiger charge is -2.32. The summed E-state index contributed by atoms with van der Waals surface area (Å²) in [6, 6.07) is 43.8. The number of rotatable bonds is 19. The van der Waals surface area contributed by atoms with E-state index in [-0.39, 0.29) is 69.9 Å². The van der Waals surface area contributed by atoms with Crippen LogP contribution in [0.3, 0.4) is 0 Å². The third-order valence-corrected chi connectivity index (χ3v) is 10.7. The van der Waals surface area contributed by atoms with Crippen LogP contribution in [0, 0.1) is 0 Å². The van der Waals surface area contributed by atoms with Crippen molar-refractivity contribution in [1.29, 1.82) is 0 Å². The zero-order valence-electron chi connectivity index (χ0n) is 36.1. The Morgan fingerprint density at radius 1 is 0.651 bits per heavy atom. The number of ketones is 1. The predicted molar refractivity (Wildman–Crippen MR) is 241 cm³/mol. The van der Waals surface area contributed by atoms with Gasteiger partial charge in [0, 0.05) is 37.9 Å². The average Bonchev–Trinajstić information content (AvgIpc) is 3.61. The molecule has 0 unspecified atom stereocenters. The molecule has 0 aliphatic heterocycles. The summed E-state index contributed by atoms with van der Waals surface area (Å²) in [5.41, 5.74) is 6.29. The minimum atomic E-state index is -1.09. The molecule has 12 heteroatoms. The van der Waals surface area contributed by atoms with Gasteiger partial charge in [-0.1, -0.05) is 140 Å². The van der Waals surface area contributed by atoms with Crippen molar-refractivity contribution in [1.82, 2.24) is 20.9 Å². The highest BCUT2D eigenvalue weighted by molar-refractivity contribution is 5.88. The molecule has 12 nitrogen and oxygen atoms in total. The largest absolute Gasteiger partial charge is 0.449 e. The van der Waals surface area contributed by atoms with E-state index in [1.54, 1.807) is 25.7 Å². The van der Waals surface area contributed by atoms with Crippen molar-refractivity contribution in [2.24, 2.45) is 0 Å². The number of Topliss-reactive ketones (excluding diaryl/α,β-unsaturated/α-hetero) is 1. The smallest absolute Gasteiger partial charge is 0.408 e. The number of nitrogens with zero attached hydrogens (tertiary/aromatic N) is 1. The number of hydrogen-bond acceptors (Lipinski definition) is 8. The highest BCUT2D eigenvalue weighted by Gasteiger charge is 2.32. The van der Waals surface area contributed by atoms with E-state index in [1.807, 2.05) is 127 Å². The van der Waals surface area contributed by atoms with E-state index in [4.69, 9.17) is 14.2 Å². The van der Waals surface area contributed by atoms with Gasteiger partial charge in [-0.3, -0.25) is 9.59 Å². The molecular weight excluding hydrogens is 797 g/mol. The third kappa shape index (κ3) is 13.5. The van der Waals surface area contributed by atoms with Crippen molar-refractivity contribution in [2.75, 3.05) is 32.8 Å². The summed E-state index contributed by atoms with van der Waals surface area (Å²) in [5, 5.41) is 8.11. The molecule has 328 valence electrons. The number of fused-ring (bicyclic) bond motifs is 3. The molecule has 5 aromatic rings. The standard InChI is InChI=1S/C51H56N4O8/c1-51(2,3)63-49(59)53-32-39(56)29-31-55(33-44(37-20-9-5-10-21-37)38-22-11-6-12-23-38)47(57)46(28-17-30-52-48(58)61-34-36-18-7-4-8-19-36)54-50(60)62-35-45-42-26-15-13-24-40(42)41-25-14-16-27-43(41)45/h4-16,18-27,44-46H,17,28-35H2,1-3H3,(H,52,58)(H,53,59)(H,54,60)/t46-/m0/s1. The Kier molecular flexibility index (Phi) is 16.1. The summed E-state index contributed by atoms with van der Waals surface area (Å²) >= 11 is 0. The molecule has 0 spiro atoms. The van der Waals surface area contributed by atoms with Gasteiger partial charge < -0.3 is 35.1 Å². The van der Waals surface area contributed by atoms with Gasteiger partial charge >= 0.3 is 18.3 Å². The maximum atomic E-state index is 14.9. The Morgan fingerprint density at radius 3 is 1.79 bits per heavy atom. The van der Waals surface area contributed by atoms with Crippen LogP contribution in [0.15, 0.2) is 140 Å². The van der Waals surface area contributed by atoms with Crippen LogP contribution in [0.5, 0.6) is 0 Å². The molecule has 6 rings (SSSR count). The maximum Gasteiger partial charge on any atom is 0.408 e. The van der Waals surface area contributed by atoms with E-state index < -0.39 is 35.8 Å². The number of benzene rings is 5. The minimum absolute atomic E-state index is 0.00321. The van der Waals surface area contributed by atoms with E-state index in [9.17, 15) is 24.0 Å². The first-order valence-electron chi connectivity index (χ1n) is 21.4. The highest BCUT2D eigenvalue weighted by Crippen LogP contribution is 2.44. The normalized spacial score (nSPS) is 12.3. The molecule has 5 aromatic carbocycles. The Labute approximate surface area is 369 Å². The number of carbonyl (C=O) groups is 5. The van der Waals surface area contributed by atoms with E-state index in [1.165, 1.54) is 0 Å². The quantitative estimate of drug-likeness (QED) is 0.0551. The lowest BCUT2D eigenvalue weighted by atomic mass is 9.90. The van der Waals surface area contributed by atoms with Gasteiger partial charge in [0.05, 0.1) is 6.54 Å². The number of ether oxygens (including phenoxy) is 3. The molecular formula is C51H56N4O8. The summed E-state index contributed by atoms with van der Waals surface area (Å²) in [6.45, 7) is 5.38. The molecule has 1 aliphatic carbocycles. The van der Waals surface area contributed by atoms with Crippen LogP contribution in [-0.2, 0) is 30.4 Å². The Balaban J connectivity index is 1.20. The van der Waals surface area contributed by atoms with Gasteiger partial charge in [0.25, 0.3) is 0 Å². The van der Waals surface area contributed by atoms with Gasteiger partial charge in [-0.05, 0) is 72.6 Å². The second kappa shape index (κ2) is 22.2. The van der Waals surface area contributed by atoms with Crippen LogP contribution < -0.4 is 16.0 Å². The number of alkyl carbamates (subject to hydrolysis) is 3. The van der Waals surface area contributed by atoms with Crippen LogP contribution >= 0.6 is 0 Å². The van der Waals surface area contributed by atoms with Gasteiger partial charge in [-0.15, -0.1) is 0 Å². The molecule has 0 saturated heterocycles. The van der Waals surface area contributed by atoms with Gasteiger partial charge in [0.1, 0.15) is 24.9 Å². The average molecular weight is 853 g/mol. The molecule has 1 aliphatic rings. The summed E-state index contributed by atoms with van der Waals surface area (Å²) in [4.78, 5) is 68.5. The molecule has 4 amide bonds. The van der Waals surface area contributed by atoms with Crippen molar-refractivity contribution < 1.29 is 38.2 Å². The number of carbonyl (C=O) groups excluding carboxylic acids is 5. The van der Waals surface area contributed by atoms with Gasteiger partial charge in [0.15, 0.2) is 5.78 Å². The summed E-state index contributed by atoms with van der Waals surface area (Å²) < 4.78 is 16.6. The lowest BCUT2D eigenvalue weighted by Crippen LogP contribution is -2.50. The zero-order valence-corrected chi connectivity index (χ0v) is 36.1. The first-order valence-corrected chi connectivity index (χ1v) is 21.4. The zero-order chi connectivity index (χ0) is 44.6. The predicted octanol–water partition coefficient (Wildman–Crippen LogP) is 8.74. The van der Waals surface area contributed by atoms with E-state index in [2.05, 4.69) is 28.1 Å². The monoisotopic (exact) mass is 852 g/mol. The summed E-state index contributed by atoms with van der Waals surface area (Å²) in [5.74, 6) is -1.23. The minimum Gasteiger partial charge on any atom is -0.449 e. The van der Waals surface area contributed by atoms with E-state index in [0.717, 1.165) is 38.9 Å². The molecule has 0 saturated carbocycles. The van der Waals surface area contributed by atoms with E-state index >= 15 is 0 Å². The molecule has 1 atom stereocenters. The topological polar surface area (TPSA) is 152 Å². The lowest BCUT2D eigenvalue weighted by molar-refractivity contribution is -0.134. The van der Waals surface area contributed by atoms with Crippen molar-refractivity contribution >= 4 is 30.0 Å². The van der Waals surface area contributed by atoms with Crippen molar-refractivity contribution in [3.8, 4) is 11.1 Å². The molecule has 0 fully saturated rings. The third-order valence-electron chi connectivity index (χ3n) is 10.7. The molecule has 3 N–H and O–H groups in total. The molecule has 0 radical (unpaired) electrons. The number of amides is 4. The molecule has 0 aromatic heterocycles. The Bertz CT molecular complexity index is 2210. The second-order valence-electron chi connectivity index (χ2n) is 16.5. The first-order chi connectivity index (χ1) is 30.4. The van der Waals surface area contributed by atoms with E-state index in [0.29, 0.717) is 6.42 Å². The van der Waals surface area contributed by atoms with Crippen molar-refractivity contribution in [2.45, 2.75) is 70.1 Å². The van der Waals surface area contributed by atoms with Crippen LogP contribution in [0.4, 0.5) is 14.4 Å². The Morgan fingerprint density at radius 2 is 1.21 bits per heavy atom. The van der Waals surface area contributed by atoms with Gasteiger partial charge in [-0.25, -0.2) is 14.4 Å². The fourth-order valence-electron chi connectivity index (χ4n) is 7.65. The highest BCUT2D eigenvalue weighted by atomic mass is 16.6. The van der Waals surface area contributed by atoms with Crippen LogP contribution in [0.25, 0.3) is 11.1 Å². The number of hydrogen-bond donors (Lipinski definition) is 3. The van der Waals surface area contributed by atoms with Crippen LogP contribution in [-0.4, -0.2) is 79.3 Å². The van der Waals surface area contributed by atoms with Crippen LogP contribution in [0.1, 0.15) is 79.7 Å². The number of nitrogens with one attached hydrogen (secondary N) is 3. The SMILES string of the molecule is CC(C)(C)OC(=O)NCC(=O)CCN(CC(c1ccccc1)c1ccccc1)C(=O)[C@H](CCCNC(=O)OCc1ccccc1)NC(=O)OCC1c2ccccc2-c2ccccc21. The fraction of sp³-hybridized carbons (Fsp3) is 0.314. The summed E-state index contributed by atoms with van der Waals surface area (Å²) in [6.07, 6.45) is -1.75. The molecule has 0 heterocycles. The van der Waals surface area contributed by atoms with Crippen molar-refractivity contribution in [3.63, 3.8) is 0 Å². The first kappa shape index (κ1) is 45.6.